The van der Waals surface area contributed by atoms with Crippen LogP contribution in [0.3, 0.4) is 0 Å². The highest BCUT2D eigenvalue weighted by Gasteiger charge is 2.37. The van der Waals surface area contributed by atoms with Gasteiger partial charge in [0.15, 0.2) is 23.0 Å². The maximum Gasteiger partial charge on any atom is 0.335 e. The Labute approximate surface area is 405 Å². The van der Waals surface area contributed by atoms with Crippen molar-refractivity contribution < 1.29 is 66.7 Å². The zero-order chi connectivity index (χ0) is 49.1. The molecule has 8 rings (SSSR count). The van der Waals surface area contributed by atoms with E-state index in [1.807, 2.05) is 66.4 Å². The molecule has 370 valence electrons. The average Bonchev–Trinajstić information content (AvgIpc) is 4.04. The maximum atomic E-state index is 13.7. The number of rotatable bonds is 22. The lowest BCUT2D eigenvalue weighted by Crippen LogP contribution is -2.35. The Morgan fingerprint density at radius 2 is 1.07 bits per heavy atom. The van der Waals surface area contributed by atoms with Crippen molar-refractivity contribution in [2.45, 2.75) is 71.2 Å². The van der Waals surface area contributed by atoms with E-state index in [0.29, 0.717) is 82.6 Å². The predicted octanol–water partition coefficient (Wildman–Crippen LogP) is 6.04. The van der Waals surface area contributed by atoms with Crippen LogP contribution in [0.4, 0.5) is 11.4 Å². The number of hydrogen-bond acceptors (Lipinski definition) is 16. The van der Waals surface area contributed by atoms with Gasteiger partial charge in [-0.05, 0) is 68.1 Å². The summed E-state index contributed by atoms with van der Waals surface area (Å²) in [5.41, 5.74) is 5.76. The summed E-state index contributed by atoms with van der Waals surface area (Å²) in [6.07, 6.45) is 9.16. The van der Waals surface area contributed by atoms with Gasteiger partial charge in [-0.3, -0.25) is 29.2 Å². The first-order chi connectivity index (χ1) is 34.0. The Kier molecular flexibility index (Phi) is 16.2. The molecular weight excluding hydrogens is 907 g/mol. The number of methoxy groups -OCH3 is 2. The van der Waals surface area contributed by atoms with Crippen LogP contribution in [0.1, 0.15) is 77.8 Å². The third kappa shape index (κ3) is 11.7. The van der Waals surface area contributed by atoms with E-state index in [4.69, 9.17) is 52.7 Å². The van der Waals surface area contributed by atoms with Crippen LogP contribution in [-0.2, 0) is 46.6 Å². The summed E-state index contributed by atoms with van der Waals surface area (Å²) in [4.78, 5) is 80.4. The van der Waals surface area contributed by atoms with Gasteiger partial charge in [-0.2, -0.15) is 0 Å². The van der Waals surface area contributed by atoms with Crippen LogP contribution in [-0.4, -0.2) is 143 Å². The van der Waals surface area contributed by atoms with Gasteiger partial charge in [0.2, 0.25) is 0 Å². The van der Waals surface area contributed by atoms with Crippen molar-refractivity contribution in [3.63, 3.8) is 0 Å². The summed E-state index contributed by atoms with van der Waals surface area (Å²) in [7, 11) is 3.06. The molecule has 19 nitrogen and oxygen atoms in total. The van der Waals surface area contributed by atoms with Gasteiger partial charge in [0, 0.05) is 50.5 Å². The Morgan fingerprint density at radius 3 is 1.54 bits per heavy atom. The summed E-state index contributed by atoms with van der Waals surface area (Å²) >= 11 is 0. The lowest BCUT2D eigenvalue weighted by molar-refractivity contribution is -0.198. The van der Waals surface area contributed by atoms with E-state index < -0.39 is 17.8 Å². The molecule has 4 amide bonds. The molecule has 0 aliphatic carbocycles. The number of imide groups is 1. The zero-order valence-corrected chi connectivity index (χ0v) is 39.8. The van der Waals surface area contributed by atoms with Gasteiger partial charge in [0.1, 0.15) is 25.6 Å². The third-order valence-corrected chi connectivity index (χ3v) is 12.3. The van der Waals surface area contributed by atoms with Crippen molar-refractivity contribution in [1.29, 1.82) is 0 Å². The van der Waals surface area contributed by atoms with Crippen LogP contribution < -0.4 is 23.7 Å². The second kappa shape index (κ2) is 23.0. The van der Waals surface area contributed by atoms with Crippen LogP contribution in [0, 0.1) is 0 Å². The second-order valence-electron chi connectivity index (χ2n) is 16.9. The van der Waals surface area contributed by atoms with Crippen LogP contribution in [0.5, 0.6) is 28.7 Å². The van der Waals surface area contributed by atoms with Crippen LogP contribution in [0.25, 0.3) is 0 Å². The van der Waals surface area contributed by atoms with Crippen molar-refractivity contribution in [2.24, 2.45) is 9.98 Å². The minimum atomic E-state index is -0.731. The van der Waals surface area contributed by atoms with Crippen molar-refractivity contribution in [3.05, 3.63) is 88.0 Å². The number of hydroxylamine groups is 2. The highest BCUT2D eigenvalue weighted by atomic mass is 16.7. The van der Waals surface area contributed by atoms with Gasteiger partial charge in [-0.1, -0.05) is 23.3 Å². The third-order valence-electron chi connectivity index (χ3n) is 12.3. The van der Waals surface area contributed by atoms with Crippen molar-refractivity contribution >= 4 is 53.4 Å². The molecule has 0 saturated carbocycles. The lowest BCUT2D eigenvalue weighted by atomic mass is 10.1. The predicted molar refractivity (Wildman–Crippen MR) is 254 cm³/mol. The van der Waals surface area contributed by atoms with Crippen LogP contribution in [0.15, 0.2) is 75.7 Å². The summed E-state index contributed by atoms with van der Waals surface area (Å²) in [6, 6.07) is 12.2. The van der Waals surface area contributed by atoms with Crippen LogP contribution >= 0.6 is 0 Å². The number of hydrogen-bond donors (Lipinski definition) is 0. The first-order valence-corrected chi connectivity index (χ1v) is 23.3. The molecule has 5 aliphatic heterocycles. The number of ether oxygens (including phenoxy) is 8. The largest absolute Gasteiger partial charge is 0.493 e. The molecule has 3 aromatic carbocycles. The minimum absolute atomic E-state index is 0.0295. The van der Waals surface area contributed by atoms with E-state index in [1.165, 1.54) is 25.4 Å². The second-order valence-corrected chi connectivity index (χ2v) is 16.9. The molecule has 3 saturated heterocycles. The molecule has 3 aromatic rings. The molecule has 0 spiro atoms. The van der Waals surface area contributed by atoms with Gasteiger partial charge >= 0.3 is 5.97 Å². The SMILES string of the molecule is C/C=C1\CC2C=Nc3cc(OCc4cc(COc5cc6c(cc5OC)C(=O)N5C/C(=C/C)C[C@H]5C=N6)cc(OCCOCCOCCOCCC(=O)ON5C(=O)CCC5=O)c4)c(OC)cc3C(=O)N2C1. The molecule has 5 aliphatic rings. The van der Waals surface area contributed by atoms with Gasteiger partial charge in [0.05, 0.1) is 94.9 Å². The van der Waals surface area contributed by atoms with E-state index >= 15 is 0 Å². The number of carbonyl (C=O) groups is 5. The van der Waals surface area contributed by atoms with Crippen LogP contribution in [0.2, 0.25) is 0 Å². The average molecular weight is 964 g/mol. The number of carbonyl (C=O) groups excluding carboxylic acids is 5. The first kappa shape index (κ1) is 49.3. The zero-order valence-electron chi connectivity index (χ0n) is 39.8. The summed E-state index contributed by atoms with van der Waals surface area (Å²) in [6.45, 7) is 6.86. The number of fused-ring (bicyclic) bond motifs is 4. The summed E-state index contributed by atoms with van der Waals surface area (Å²) in [5, 5.41) is 0.509. The van der Waals surface area contributed by atoms with Gasteiger partial charge in [-0.25, -0.2) is 4.79 Å². The lowest BCUT2D eigenvalue weighted by Gasteiger charge is -2.20. The molecule has 3 fully saturated rings. The molecule has 0 N–H and O–H groups in total. The monoisotopic (exact) mass is 963 g/mol. The molecule has 0 aromatic heterocycles. The highest BCUT2D eigenvalue weighted by molar-refractivity contribution is 6.05. The Morgan fingerprint density at radius 1 is 0.600 bits per heavy atom. The van der Waals surface area contributed by atoms with Gasteiger partial charge < -0.3 is 52.5 Å². The first-order valence-electron chi connectivity index (χ1n) is 23.3. The number of nitrogens with zero attached hydrogens (tertiary/aromatic N) is 5. The molecule has 70 heavy (non-hydrogen) atoms. The normalized spacial score (nSPS) is 19.3. The van der Waals surface area contributed by atoms with E-state index in [-0.39, 0.29) is 89.4 Å². The van der Waals surface area contributed by atoms with E-state index in [1.54, 1.807) is 24.3 Å². The van der Waals surface area contributed by atoms with Crippen molar-refractivity contribution in [2.75, 3.05) is 73.6 Å². The fourth-order valence-electron chi connectivity index (χ4n) is 8.55. The Bertz CT molecular complexity index is 2460. The Balaban J connectivity index is 0.883. The summed E-state index contributed by atoms with van der Waals surface area (Å²) in [5.74, 6) is 0.119. The summed E-state index contributed by atoms with van der Waals surface area (Å²) < 4.78 is 47.1. The van der Waals surface area contributed by atoms with Crippen molar-refractivity contribution in [1.82, 2.24) is 14.9 Å². The molecular formula is C51H57N5O14. The molecule has 1 unspecified atom stereocenters. The fraction of sp³-hybridized carbons (Fsp3) is 0.431. The van der Waals surface area contributed by atoms with Crippen molar-refractivity contribution in [3.8, 4) is 28.7 Å². The quantitative estimate of drug-likeness (QED) is 0.0641. The molecule has 19 heteroatoms. The van der Waals surface area contributed by atoms with E-state index in [2.05, 4.69) is 0 Å². The van der Waals surface area contributed by atoms with Gasteiger partial charge in [0.25, 0.3) is 23.6 Å². The molecule has 5 heterocycles. The highest BCUT2D eigenvalue weighted by Crippen LogP contribution is 2.41. The molecule has 0 bridgehead atoms. The van der Waals surface area contributed by atoms with E-state index in [0.717, 1.165) is 24.0 Å². The molecule has 0 radical (unpaired) electrons. The molecule has 2 atom stereocenters. The number of aliphatic imine (C=N–C) groups is 2. The van der Waals surface area contributed by atoms with E-state index in [9.17, 15) is 24.0 Å². The van der Waals surface area contributed by atoms with Gasteiger partial charge in [-0.15, -0.1) is 5.06 Å². The topological polar surface area (TPSA) is 203 Å². The number of amides is 4. The Hall–Kier alpha value is -7.09. The standard InChI is InChI=1S/C51H57N5O14/c1-5-32-18-36-26-52-41-24-45(43(62-3)22-39(41)50(60)54(36)28-32)68-30-34-17-35(31-69-46-25-42-40(23-44(46)63-4)51(61)55-29-33(6-2)19-37(55)27-53-42)21-38(20-34)67-16-15-66-14-13-65-12-11-64-10-9-49(59)70-56-47(57)7-8-48(56)58/h5-6,17,20-27,36-37H,7-16,18-19,28-31H2,1-4H3/b32-5+,33-6+/t36-,37?/m0/s1. The minimum Gasteiger partial charge on any atom is -0.493 e. The number of benzene rings is 3. The fourth-order valence-corrected chi connectivity index (χ4v) is 8.55. The number of allylic oxidation sites excluding steroid dienone is 2. The smallest absolute Gasteiger partial charge is 0.335 e. The maximum absolute atomic E-state index is 13.7.